The lowest BCUT2D eigenvalue weighted by Crippen LogP contribution is -2.65. The van der Waals surface area contributed by atoms with Crippen molar-refractivity contribution in [2.45, 2.75) is 251 Å². The molecule has 0 aromatic carbocycles. The zero-order valence-electron chi connectivity index (χ0n) is 53.3. The summed E-state index contributed by atoms with van der Waals surface area (Å²) in [7, 11) is 6.60. The number of aliphatic hydroxyl groups excluding tert-OH is 2. The molecule has 482 valence electrons. The van der Waals surface area contributed by atoms with E-state index >= 15 is 0 Å². The summed E-state index contributed by atoms with van der Waals surface area (Å²) in [4.78, 5) is 62.1. The number of hydrogen-bond donors (Lipinski definition) is 3. The fourth-order valence-corrected chi connectivity index (χ4v) is 13.7. The lowest BCUT2D eigenvalue weighted by Gasteiger charge is -2.50. The topological polar surface area (TPSA) is 240 Å². The largest absolute Gasteiger partial charge is 0.462 e. The van der Waals surface area contributed by atoms with Gasteiger partial charge in [-0.1, -0.05) is 65.7 Å². The van der Waals surface area contributed by atoms with Crippen LogP contribution in [0.1, 0.15) is 147 Å². The van der Waals surface area contributed by atoms with Gasteiger partial charge in [-0.3, -0.25) is 19.2 Å². The summed E-state index contributed by atoms with van der Waals surface area (Å²) in [5, 5.41) is 35.1. The molecule has 6 rings (SSSR count). The number of rotatable bonds is 19. The van der Waals surface area contributed by atoms with Gasteiger partial charge in [0.1, 0.15) is 42.7 Å². The molecule has 6 heterocycles. The number of ketones is 1. The number of aliphatic hydroxyl groups is 3. The monoisotopic (exact) mass is 1190 g/mol. The molecule has 0 aromatic rings. The van der Waals surface area contributed by atoms with Crippen LogP contribution in [0, 0.1) is 35.5 Å². The maximum absolute atomic E-state index is 14.6. The molecule has 21 nitrogen and oxygen atoms in total. The molecule has 0 aromatic heterocycles. The average Bonchev–Trinajstić information content (AvgIpc) is 1.51. The van der Waals surface area contributed by atoms with Crippen LogP contribution >= 0.6 is 0 Å². The van der Waals surface area contributed by atoms with Gasteiger partial charge in [0.15, 0.2) is 30.8 Å². The zero-order valence-corrected chi connectivity index (χ0v) is 53.3. The molecule has 3 N–H and O–H groups in total. The number of allylic oxidation sites excluding steroid dienone is 3. The van der Waals surface area contributed by atoms with Crippen molar-refractivity contribution in [2.75, 3.05) is 67.6 Å². The van der Waals surface area contributed by atoms with Crippen LogP contribution < -0.4 is 0 Å². The Balaban J connectivity index is 1.32. The molecule has 0 aliphatic carbocycles. The molecule has 5 saturated heterocycles. The molecule has 0 bridgehead atoms. The predicted molar refractivity (Wildman–Crippen MR) is 312 cm³/mol. The highest BCUT2D eigenvalue weighted by Gasteiger charge is 2.53. The molecule has 21 heteroatoms. The highest BCUT2D eigenvalue weighted by Crippen LogP contribution is 2.40. The minimum atomic E-state index is -1.88. The van der Waals surface area contributed by atoms with Gasteiger partial charge in [0, 0.05) is 63.7 Å². The van der Waals surface area contributed by atoms with Gasteiger partial charge in [-0.05, 0) is 137 Å². The molecule has 0 amide bonds. The summed E-state index contributed by atoms with van der Waals surface area (Å²) in [5.41, 5.74) is 0.728. The Hall–Kier alpha value is -3.00. The third kappa shape index (κ3) is 19.0. The third-order valence-electron chi connectivity index (χ3n) is 18.4. The number of cyclic esters (lactones) is 1. The fourth-order valence-electron chi connectivity index (χ4n) is 13.7. The minimum Gasteiger partial charge on any atom is -0.462 e. The highest BCUT2D eigenvalue weighted by atomic mass is 16.8. The minimum absolute atomic E-state index is 0.00581. The molecular formula is C63H107N3O18. The Bertz CT molecular complexity index is 2130. The summed E-state index contributed by atoms with van der Waals surface area (Å²) in [6, 6.07) is -0.212. The lowest BCUT2D eigenvalue weighted by atomic mass is 9.79. The molecule has 6 aliphatic heterocycles. The van der Waals surface area contributed by atoms with Crippen LogP contribution in [-0.2, 0) is 71.3 Å². The van der Waals surface area contributed by atoms with E-state index in [1.54, 1.807) is 19.1 Å². The van der Waals surface area contributed by atoms with Crippen molar-refractivity contribution in [1.82, 2.24) is 14.7 Å². The van der Waals surface area contributed by atoms with Crippen molar-refractivity contribution < 1.29 is 86.6 Å². The average molecular weight is 1190 g/mol. The molecule has 0 spiro atoms. The van der Waals surface area contributed by atoms with Crippen LogP contribution in [0.2, 0.25) is 0 Å². The van der Waals surface area contributed by atoms with E-state index in [9.17, 15) is 34.5 Å². The number of ether oxygens (including phenoxy) is 11. The third-order valence-corrected chi connectivity index (χ3v) is 18.4. The van der Waals surface area contributed by atoms with Crippen LogP contribution in [0.4, 0.5) is 0 Å². The number of esters is 3. The molecular weight excluding hydrogens is 1090 g/mol. The maximum atomic E-state index is 14.6. The van der Waals surface area contributed by atoms with Gasteiger partial charge in [0.25, 0.3) is 0 Å². The first kappa shape index (κ1) is 70.1. The fraction of sp³-hybridized carbons (Fsp3) is 0.873. The first-order chi connectivity index (χ1) is 39.7. The van der Waals surface area contributed by atoms with Gasteiger partial charge < -0.3 is 82.1 Å². The number of likely N-dealkylation sites (tertiary alicyclic amines) is 2. The van der Waals surface area contributed by atoms with Crippen molar-refractivity contribution >= 4 is 23.7 Å². The lowest BCUT2D eigenvalue weighted by molar-refractivity contribution is -0.378. The van der Waals surface area contributed by atoms with E-state index in [4.69, 9.17) is 52.1 Å². The molecule has 84 heavy (non-hydrogen) atoms. The summed E-state index contributed by atoms with van der Waals surface area (Å²) in [5.74, 6) is -6.17. The van der Waals surface area contributed by atoms with Gasteiger partial charge in [-0.15, -0.1) is 0 Å². The SMILES string of the molecule is CC[C@H]1OC(=O)C[C@@H](OC(C)=O)C(C)[C@@H](O[C@@H]2O[C@H](C)[C@@H](O[C@@H]3C[C@@H](C)[C@H](OC(=O)CC(C)C)[C@](C)(O)O3)[C@H](N(C)C)[C@H]2O)[C@@H](CCN2CCC(N3CCCCC3)CC2)C[C@@H](C)C(=O)/C=C/C(C)=C/[C@@H]1CO[C@@H]1O[C@H](C)[C@@H](O)[C@@H](OC)[C@H]1OC. The van der Waals surface area contributed by atoms with E-state index in [2.05, 4.69) is 9.80 Å². The van der Waals surface area contributed by atoms with E-state index in [0.29, 0.717) is 31.8 Å². The Labute approximate surface area is 501 Å². The van der Waals surface area contributed by atoms with Crippen molar-refractivity contribution in [3.63, 3.8) is 0 Å². The quantitative estimate of drug-likeness (QED) is 0.0999. The Morgan fingerprint density at radius 3 is 2.12 bits per heavy atom. The molecule has 21 atom stereocenters. The number of nitrogens with zero attached hydrogens (tertiary/aromatic N) is 3. The number of hydrogen-bond acceptors (Lipinski definition) is 21. The van der Waals surface area contributed by atoms with Gasteiger partial charge in [0.05, 0.1) is 37.4 Å². The standard InChI is InChI=1S/C63H107N3O18/c1-16-48-45(35-76-62-59(75-15)58(74-14)54(71)41(8)77-62)31-37(4)20-21-47(68)38(5)32-44(22-27-65-28-23-46(24-29-65)66-25-18-17-19-26-66)56(40(7)49(79-43(10)67)34-51(70)80-48)83-61-55(72)53(64(12)13)57(42(9)78-61)82-52-33-39(6)60(63(11,73)84-52)81-50(69)30-36(2)3/h20-21,31,36,38-42,44-46,48-49,52-62,71-73H,16-19,22-30,32-35H2,1-15H3/b21-20+,37-31+/t38-,39-,40?,41-,42-,44+,45-,48-,49-,52+,53-,54-,55-,56-,57-,58-,59-,60+,61+,62-,63-/m1/s1. The van der Waals surface area contributed by atoms with Crippen molar-refractivity contribution in [2.24, 2.45) is 35.5 Å². The van der Waals surface area contributed by atoms with Crippen molar-refractivity contribution in [3.05, 3.63) is 23.8 Å². The Morgan fingerprint density at radius 2 is 1.51 bits per heavy atom. The van der Waals surface area contributed by atoms with Crippen molar-refractivity contribution in [3.8, 4) is 0 Å². The summed E-state index contributed by atoms with van der Waals surface area (Å²) < 4.78 is 68.9. The number of likely N-dealkylation sites (N-methyl/N-ethyl adjacent to an activating group) is 1. The predicted octanol–water partition coefficient (Wildman–Crippen LogP) is 5.96. The van der Waals surface area contributed by atoms with Gasteiger partial charge in [-0.25, -0.2) is 0 Å². The second-order valence-corrected chi connectivity index (χ2v) is 25.9. The van der Waals surface area contributed by atoms with Gasteiger partial charge in [-0.2, -0.15) is 0 Å². The van der Waals surface area contributed by atoms with Crippen LogP contribution in [0.5, 0.6) is 0 Å². The van der Waals surface area contributed by atoms with Crippen LogP contribution in [-0.4, -0.2) is 225 Å². The maximum Gasteiger partial charge on any atom is 0.309 e. The van der Waals surface area contributed by atoms with Crippen molar-refractivity contribution in [1.29, 1.82) is 0 Å². The summed E-state index contributed by atoms with van der Waals surface area (Å²) in [6.07, 6.45) is -0.367. The smallest absolute Gasteiger partial charge is 0.309 e. The van der Waals surface area contributed by atoms with Crippen LogP contribution in [0.15, 0.2) is 23.8 Å². The molecule has 0 saturated carbocycles. The summed E-state index contributed by atoms with van der Waals surface area (Å²) in [6.45, 7) is 24.3. The Morgan fingerprint density at radius 1 is 0.845 bits per heavy atom. The van der Waals surface area contributed by atoms with Gasteiger partial charge in [0.2, 0.25) is 5.79 Å². The van der Waals surface area contributed by atoms with E-state index in [1.165, 1.54) is 47.3 Å². The van der Waals surface area contributed by atoms with E-state index in [1.807, 2.05) is 80.5 Å². The first-order valence-electron chi connectivity index (χ1n) is 31.4. The molecule has 5 fully saturated rings. The molecule has 0 radical (unpaired) electrons. The van der Waals surface area contributed by atoms with Gasteiger partial charge >= 0.3 is 17.9 Å². The second-order valence-electron chi connectivity index (χ2n) is 25.9. The Kier molecular flexibility index (Phi) is 27.1. The molecule has 6 aliphatic rings. The van der Waals surface area contributed by atoms with E-state index < -0.39 is 139 Å². The van der Waals surface area contributed by atoms with Crippen LogP contribution in [0.25, 0.3) is 0 Å². The van der Waals surface area contributed by atoms with Crippen LogP contribution in [0.3, 0.4) is 0 Å². The number of piperidine rings is 2. The van der Waals surface area contributed by atoms with E-state index in [-0.39, 0.29) is 43.5 Å². The molecule has 1 unspecified atom stereocenters. The summed E-state index contributed by atoms with van der Waals surface area (Å²) >= 11 is 0. The number of carbonyl (C=O) groups excluding carboxylic acids is 4. The number of methoxy groups -OCH3 is 2. The first-order valence-corrected chi connectivity index (χ1v) is 31.4. The zero-order chi connectivity index (χ0) is 61.7. The number of carbonyl (C=O) groups is 4. The van der Waals surface area contributed by atoms with E-state index in [0.717, 1.165) is 44.6 Å². The highest BCUT2D eigenvalue weighted by molar-refractivity contribution is 5.91. The second kappa shape index (κ2) is 32.5. The normalized spacial score (nSPS) is 40.7.